The molecule has 4 heterocycles. The standard InChI is InChI=1S/C28H30N8O6/c37-5-3-35-20-7-13(20)8-22(35)25-29-12-19(32-25)16-9-14(31-27(39)40)1-2-15(16)18-11-30-26(33-18)24-23(34-28(41)42)17-10-21(17)36(24)4-6-38/h1-2,5-6,9,11-13,17,20-24,31,34H,3-4,7-8,10H2,(H,29,32)(H,30,33)(H,39,40)(H,41,42)/t13?,17-,20?,21+,22?,23?,24+/m1/s1. The molecule has 2 saturated carbocycles. The predicted molar refractivity (Wildman–Crippen MR) is 148 cm³/mol. The molecule has 2 aliphatic heterocycles. The number of nitrogens with one attached hydrogen (secondary N) is 4. The van der Waals surface area contributed by atoms with Crippen LogP contribution in [-0.4, -0.2) is 95.9 Å². The number of rotatable bonds is 10. The van der Waals surface area contributed by atoms with Gasteiger partial charge in [-0.1, -0.05) is 6.07 Å². The number of carboxylic acid groups (broad SMARTS) is 2. The van der Waals surface area contributed by atoms with Gasteiger partial charge in [0.2, 0.25) is 0 Å². The number of piperidine rings is 2. The van der Waals surface area contributed by atoms with Gasteiger partial charge in [-0.2, -0.15) is 0 Å². The van der Waals surface area contributed by atoms with E-state index in [2.05, 4.69) is 35.5 Å². The Morgan fingerprint density at radius 3 is 2.36 bits per heavy atom. The van der Waals surface area contributed by atoms with E-state index in [-0.39, 0.29) is 24.5 Å². The minimum absolute atomic E-state index is 0.00602. The Kier molecular flexibility index (Phi) is 6.31. The van der Waals surface area contributed by atoms with E-state index in [1.54, 1.807) is 30.6 Å². The largest absolute Gasteiger partial charge is 0.465 e. The first-order chi connectivity index (χ1) is 20.4. The number of anilines is 1. The van der Waals surface area contributed by atoms with Gasteiger partial charge in [0.1, 0.15) is 24.2 Å². The average Bonchev–Trinajstić information content (AvgIpc) is 3.66. The van der Waals surface area contributed by atoms with Crippen molar-refractivity contribution in [1.29, 1.82) is 0 Å². The molecule has 14 heteroatoms. The van der Waals surface area contributed by atoms with Crippen LogP contribution in [0.1, 0.15) is 43.0 Å². The molecule has 2 aromatic heterocycles. The Bertz CT molecular complexity index is 1570. The van der Waals surface area contributed by atoms with Crippen molar-refractivity contribution in [2.45, 2.75) is 49.5 Å². The molecule has 4 aliphatic rings. The van der Waals surface area contributed by atoms with Crippen molar-refractivity contribution in [2.75, 3.05) is 18.4 Å². The Balaban J connectivity index is 1.23. The fourth-order valence-corrected chi connectivity index (χ4v) is 7.24. The van der Waals surface area contributed by atoms with Crippen molar-refractivity contribution in [1.82, 2.24) is 35.1 Å². The summed E-state index contributed by atoms with van der Waals surface area (Å²) >= 11 is 0. The minimum atomic E-state index is -1.19. The maximum atomic E-state index is 11.6. The van der Waals surface area contributed by atoms with Crippen LogP contribution in [0.25, 0.3) is 22.5 Å². The van der Waals surface area contributed by atoms with E-state index >= 15 is 0 Å². The van der Waals surface area contributed by atoms with Gasteiger partial charge < -0.3 is 35.1 Å². The SMILES string of the molecule is O=CCN1C(c2ncc(-c3cc(NC(=O)O)ccc3-c3cnc([C@@H]4C(NC(=O)O)[C@@H]5C[C@@H]5N4CC=O)[nH]3)[nH]2)CC2CC21. The monoisotopic (exact) mass is 574 g/mol. The van der Waals surface area contributed by atoms with Gasteiger partial charge in [0, 0.05) is 28.9 Å². The third-order valence-electron chi connectivity index (χ3n) is 9.13. The molecule has 6 N–H and O–H groups in total. The molecule has 42 heavy (non-hydrogen) atoms. The Morgan fingerprint density at radius 1 is 0.905 bits per heavy atom. The van der Waals surface area contributed by atoms with Crippen molar-refractivity contribution >= 4 is 30.4 Å². The second-order valence-electron chi connectivity index (χ2n) is 11.5. The summed E-state index contributed by atoms with van der Waals surface area (Å²) in [6.45, 7) is 0.519. The fourth-order valence-electron chi connectivity index (χ4n) is 7.24. The first-order valence-corrected chi connectivity index (χ1v) is 14.0. The van der Waals surface area contributed by atoms with Crippen LogP contribution in [0, 0.1) is 11.8 Å². The molecule has 14 nitrogen and oxygen atoms in total. The van der Waals surface area contributed by atoms with E-state index in [9.17, 15) is 29.4 Å². The number of aldehydes is 2. The van der Waals surface area contributed by atoms with Gasteiger partial charge in [0.25, 0.3) is 0 Å². The topological polar surface area (TPSA) is 197 Å². The third kappa shape index (κ3) is 4.52. The van der Waals surface area contributed by atoms with Gasteiger partial charge >= 0.3 is 12.2 Å². The van der Waals surface area contributed by atoms with Gasteiger partial charge in [-0.3, -0.25) is 15.1 Å². The van der Waals surface area contributed by atoms with Crippen LogP contribution in [0.4, 0.5) is 15.3 Å². The highest BCUT2D eigenvalue weighted by Crippen LogP contribution is 2.54. The number of H-pyrrole nitrogens is 2. The summed E-state index contributed by atoms with van der Waals surface area (Å²) in [7, 11) is 0. The van der Waals surface area contributed by atoms with Crippen LogP contribution >= 0.6 is 0 Å². The number of carbonyl (C=O) groups is 4. The van der Waals surface area contributed by atoms with E-state index < -0.39 is 24.3 Å². The molecule has 1 aromatic carbocycles. The lowest BCUT2D eigenvalue weighted by atomic mass is 10.0. The van der Waals surface area contributed by atoms with Gasteiger partial charge in [-0.15, -0.1) is 0 Å². The van der Waals surface area contributed by atoms with Crippen LogP contribution in [0.5, 0.6) is 0 Å². The number of hydrogen-bond acceptors (Lipinski definition) is 8. The van der Waals surface area contributed by atoms with E-state index in [0.717, 1.165) is 43.2 Å². The Morgan fingerprint density at radius 2 is 1.62 bits per heavy atom. The minimum Gasteiger partial charge on any atom is -0.465 e. The molecule has 3 aromatic rings. The van der Waals surface area contributed by atoms with E-state index in [1.807, 2.05) is 4.90 Å². The summed E-state index contributed by atoms with van der Waals surface area (Å²) in [6.07, 6.45) is 5.64. The van der Waals surface area contributed by atoms with Gasteiger partial charge in [-0.25, -0.2) is 19.6 Å². The average molecular weight is 575 g/mol. The zero-order chi connectivity index (χ0) is 29.1. The quantitative estimate of drug-likeness (QED) is 0.196. The van der Waals surface area contributed by atoms with Crippen molar-refractivity contribution in [2.24, 2.45) is 11.8 Å². The number of likely N-dealkylation sites (tertiary alicyclic amines) is 2. The van der Waals surface area contributed by atoms with Gasteiger partial charge in [0.15, 0.2) is 0 Å². The molecule has 2 saturated heterocycles. The van der Waals surface area contributed by atoms with Gasteiger partial charge in [-0.05, 0) is 43.2 Å². The number of aromatic amines is 2. The second kappa shape index (κ2) is 10.1. The first-order valence-electron chi connectivity index (χ1n) is 14.0. The fraction of sp³-hybridized carbons (Fsp3) is 0.429. The molecule has 7 rings (SSSR count). The van der Waals surface area contributed by atoms with Crippen molar-refractivity contribution in [3.8, 4) is 22.5 Å². The number of fused-ring (bicyclic) bond motifs is 2. The number of imidazole rings is 2. The normalized spacial score (nSPS) is 29.5. The molecule has 0 radical (unpaired) electrons. The van der Waals surface area contributed by atoms with E-state index in [4.69, 9.17) is 0 Å². The highest BCUT2D eigenvalue weighted by molar-refractivity contribution is 5.88. The molecular weight excluding hydrogens is 544 g/mol. The summed E-state index contributed by atoms with van der Waals surface area (Å²) in [6, 6.07) is 4.85. The highest BCUT2D eigenvalue weighted by atomic mass is 16.4. The molecule has 0 bridgehead atoms. The molecule has 2 amide bonds. The van der Waals surface area contributed by atoms with Crippen molar-refractivity contribution < 1.29 is 29.4 Å². The molecule has 218 valence electrons. The number of amides is 2. The van der Waals surface area contributed by atoms with Crippen LogP contribution in [-0.2, 0) is 9.59 Å². The van der Waals surface area contributed by atoms with Crippen LogP contribution in [0.3, 0.4) is 0 Å². The lowest BCUT2D eigenvalue weighted by molar-refractivity contribution is -0.110. The first kappa shape index (κ1) is 26.3. The highest BCUT2D eigenvalue weighted by Gasteiger charge is 2.60. The van der Waals surface area contributed by atoms with E-state index in [0.29, 0.717) is 47.0 Å². The third-order valence-corrected chi connectivity index (χ3v) is 9.13. The molecular formula is C28H30N8O6. The van der Waals surface area contributed by atoms with E-state index in [1.165, 1.54) is 0 Å². The lowest BCUT2D eigenvalue weighted by Crippen LogP contribution is -2.43. The van der Waals surface area contributed by atoms with Crippen LogP contribution < -0.4 is 10.6 Å². The number of carbonyl (C=O) groups excluding carboxylic acids is 2. The molecule has 0 spiro atoms. The van der Waals surface area contributed by atoms with Crippen molar-refractivity contribution in [3.05, 3.63) is 42.2 Å². The zero-order valence-electron chi connectivity index (χ0n) is 22.4. The maximum Gasteiger partial charge on any atom is 0.409 e. The predicted octanol–water partition coefficient (Wildman–Crippen LogP) is 2.47. The molecule has 4 unspecified atom stereocenters. The number of aromatic nitrogens is 4. The maximum absolute atomic E-state index is 11.6. The van der Waals surface area contributed by atoms with Crippen molar-refractivity contribution in [3.63, 3.8) is 0 Å². The second-order valence-corrected chi connectivity index (χ2v) is 11.5. The van der Waals surface area contributed by atoms with Crippen LogP contribution in [0.2, 0.25) is 0 Å². The molecule has 2 aliphatic carbocycles. The Hall–Kier alpha value is -4.56. The molecule has 4 fully saturated rings. The summed E-state index contributed by atoms with van der Waals surface area (Å²) in [4.78, 5) is 65.9. The number of benzene rings is 1. The Labute approximate surface area is 239 Å². The van der Waals surface area contributed by atoms with Gasteiger partial charge in [0.05, 0.1) is 55.0 Å². The smallest absolute Gasteiger partial charge is 0.409 e. The summed E-state index contributed by atoms with van der Waals surface area (Å²) in [5.74, 6) is 1.98. The lowest BCUT2D eigenvalue weighted by Gasteiger charge is -2.28. The number of nitrogens with zero attached hydrogens (tertiary/aromatic N) is 4. The summed E-state index contributed by atoms with van der Waals surface area (Å²) < 4.78 is 0. The van der Waals surface area contributed by atoms with Crippen LogP contribution in [0.15, 0.2) is 30.6 Å². The summed E-state index contributed by atoms with van der Waals surface area (Å²) in [5.41, 5.74) is 3.10. The molecule has 7 atom stereocenters. The summed E-state index contributed by atoms with van der Waals surface area (Å²) in [5, 5.41) is 23.8. The number of hydrogen-bond donors (Lipinski definition) is 6. The zero-order valence-corrected chi connectivity index (χ0v) is 22.4.